The molecule has 1 atom stereocenters. The fourth-order valence-electron chi connectivity index (χ4n) is 3.11. The molecule has 1 aliphatic carbocycles. The Morgan fingerprint density at radius 3 is 3.09 bits per heavy atom. The van der Waals surface area contributed by atoms with Crippen molar-refractivity contribution in [1.82, 2.24) is 9.55 Å². The Kier molecular flexibility index (Phi) is 5.08. The van der Waals surface area contributed by atoms with E-state index in [0.29, 0.717) is 18.9 Å². The molecule has 0 saturated carbocycles. The molecule has 0 aliphatic heterocycles. The van der Waals surface area contributed by atoms with Gasteiger partial charge in [0.1, 0.15) is 4.83 Å². The highest BCUT2D eigenvalue weighted by atomic mass is 32.2. The molecule has 2 aromatic rings. The van der Waals surface area contributed by atoms with Crippen LogP contribution in [0.4, 0.5) is 0 Å². The normalized spacial score (nSPS) is 17.2. The minimum absolute atomic E-state index is 0.118. The number of thiophene rings is 1. The van der Waals surface area contributed by atoms with Crippen LogP contribution in [0.1, 0.15) is 43.6 Å². The molecule has 0 spiro atoms. The van der Waals surface area contributed by atoms with Gasteiger partial charge in [-0.05, 0) is 44.1 Å². The number of aryl methyl sites for hydroxylation is 1. The number of thioether (sulfide) groups is 1. The summed E-state index contributed by atoms with van der Waals surface area (Å²) in [7, 11) is 0. The van der Waals surface area contributed by atoms with Gasteiger partial charge in [0, 0.05) is 23.6 Å². The fourth-order valence-corrected chi connectivity index (χ4v) is 5.53. The third-order valence-electron chi connectivity index (χ3n) is 4.36. The third-order valence-corrected chi connectivity index (χ3v) is 6.57. The number of unbranched alkanes of at least 4 members (excludes halogenated alkanes) is 1. The van der Waals surface area contributed by atoms with E-state index in [1.165, 1.54) is 10.4 Å². The van der Waals surface area contributed by atoms with Crippen molar-refractivity contribution in [3.63, 3.8) is 0 Å². The molecule has 0 amide bonds. The molecule has 0 aromatic carbocycles. The Labute approximate surface area is 144 Å². The van der Waals surface area contributed by atoms with Crippen LogP contribution in [0.25, 0.3) is 10.2 Å². The van der Waals surface area contributed by atoms with Crippen molar-refractivity contribution in [3.05, 3.63) is 20.8 Å². The minimum Gasteiger partial charge on any atom is -0.287 e. The highest BCUT2D eigenvalue weighted by molar-refractivity contribution is 7.99. The number of nitrogens with zero attached hydrogens (tertiary/aromatic N) is 3. The van der Waals surface area contributed by atoms with E-state index >= 15 is 0 Å². The first-order chi connectivity index (χ1) is 11.2. The van der Waals surface area contributed by atoms with Gasteiger partial charge in [-0.25, -0.2) is 4.98 Å². The van der Waals surface area contributed by atoms with Crippen molar-refractivity contribution < 1.29 is 0 Å². The van der Waals surface area contributed by atoms with Gasteiger partial charge in [0.05, 0.1) is 11.5 Å². The average Bonchev–Trinajstić information content (AvgIpc) is 2.89. The first-order valence-corrected chi connectivity index (χ1v) is 10.0. The summed E-state index contributed by atoms with van der Waals surface area (Å²) < 4.78 is 1.80. The lowest BCUT2D eigenvalue weighted by Gasteiger charge is -2.17. The molecule has 0 fully saturated rings. The van der Waals surface area contributed by atoms with Gasteiger partial charge < -0.3 is 0 Å². The van der Waals surface area contributed by atoms with Gasteiger partial charge >= 0.3 is 0 Å². The molecule has 2 heterocycles. The van der Waals surface area contributed by atoms with Crippen LogP contribution >= 0.6 is 23.1 Å². The summed E-state index contributed by atoms with van der Waals surface area (Å²) in [4.78, 5) is 20.0. The largest absolute Gasteiger partial charge is 0.287 e. The lowest BCUT2D eigenvalue weighted by molar-refractivity contribution is 0.509. The summed E-state index contributed by atoms with van der Waals surface area (Å²) >= 11 is 3.30. The smallest absolute Gasteiger partial charge is 0.263 e. The third kappa shape index (κ3) is 3.17. The van der Waals surface area contributed by atoms with Gasteiger partial charge in [-0.3, -0.25) is 9.36 Å². The predicted octanol–water partition coefficient (Wildman–Crippen LogP) is 4.00. The van der Waals surface area contributed by atoms with E-state index in [1.807, 2.05) is 6.92 Å². The number of rotatable bonds is 5. The maximum absolute atomic E-state index is 12.9. The molecule has 0 N–H and O–H groups in total. The van der Waals surface area contributed by atoms with Crippen molar-refractivity contribution in [2.24, 2.45) is 5.92 Å². The zero-order valence-electron chi connectivity index (χ0n) is 13.6. The zero-order valence-corrected chi connectivity index (χ0v) is 15.2. The second-order valence-corrected chi connectivity index (χ2v) is 8.23. The molecule has 1 unspecified atom stereocenters. The Morgan fingerprint density at radius 1 is 1.52 bits per heavy atom. The predicted molar refractivity (Wildman–Crippen MR) is 96.3 cm³/mol. The van der Waals surface area contributed by atoms with E-state index in [9.17, 15) is 4.79 Å². The summed E-state index contributed by atoms with van der Waals surface area (Å²) in [6.07, 6.45) is 4.63. The lowest BCUT2D eigenvalue weighted by Crippen LogP contribution is -2.23. The van der Waals surface area contributed by atoms with E-state index < -0.39 is 0 Å². The zero-order chi connectivity index (χ0) is 16.4. The van der Waals surface area contributed by atoms with E-state index in [1.54, 1.807) is 27.7 Å². The van der Waals surface area contributed by atoms with Crippen molar-refractivity contribution in [3.8, 4) is 6.07 Å². The van der Waals surface area contributed by atoms with Crippen molar-refractivity contribution in [1.29, 1.82) is 5.26 Å². The van der Waals surface area contributed by atoms with Crippen LogP contribution < -0.4 is 5.56 Å². The molecular formula is C17H21N3OS2. The van der Waals surface area contributed by atoms with Crippen LogP contribution in [-0.2, 0) is 19.4 Å². The SMILES string of the molecule is CCn1c(SCCCC#N)nc2sc3c(c2c1=O)CCC(C)C3. The Hall–Kier alpha value is -1.32. The number of aromatic nitrogens is 2. The second-order valence-electron chi connectivity index (χ2n) is 6.09. The van der Waals surface area contributed by atoms with Gasteiger partial charge in [0.25, 0.3) is 5.56 Å². The van der Waals surface area contributed by atoms with Gasteiger partial charge in [0.2, 0.25) is 0 Å². The summed E-state index contributed by atoms with van der Waals surface area (Å²) in [6.45, 7) is 4.92. The monoisotopic (exact) mass is 347 g/mol. The highest BCUT2D eigenvalue weighted by Crippen LogP contribution is 2.36. The van der Waals surface area contributed by atoms with Gasteiger partial charge in [-0.1, -0.05) is 18.7 Å². The van der Waals surface area contributed by atoms with Crippen molar-refractivity contribution >= 4 is 33.3 Å². The van der Waals surface area contributed by atoms with Gasteiger partial charge in [-0.2, -0.15) is 5.26 Å². The van der Waals surface area contributed by atoms with Crippen LogP contribution in [0, 0.1) is 17.2 Å². The molecule has 3 rings (SSSR count). The summed E-state index contributed by atoms with van der Waals surface area (Å²) in [5, 5.41) is 10.3. The van der Waals surface area contributed by atoms with E-state index in [0.717, 1.165) is 46.8 Å². The molecule has 4 nitrogen and oxygen atoms in total. The second kappa shape index (κ2) is 7.06. The van der Waals surface area contributed by atoms with Crippen molar-refractivity contribution in [2.45, 2.75) is 57.7 Å². The van der Waals surface area contributed by atoms with Gasteiger partial charge in [0.15, 0.2) is 5.16 Å². The first-order valence-electron chi connectivity index (χ1n) is 8.20. The minimum atomic E-state index is 0.118. The standard InChI is InChI=1S/C17H21N3OS2/c1-3-20-16(21)14-12-7-6-11(2)10-13(12)23-15(14)19-17(20)22-9-5-4-8-18/h11H,3-7,9-10H2,1-2H3. The summed E-state index contributed by atoms with van der Waals surface area (Å²) in [5.41, 5.74) is 1.37. The molecule has 1 aliphatic rings. The number of nitriles is 1. The quantitative estimate of drug-likeness (QED) is 0.466. The maximum atomic E-state index is 12.9. The van der Waals surface area contributed by atoms with Crippen LogP contribution in [0.5, 0.6) is 0 Å². The van der Waals surface area contributed by atoms with E-state index in [2.05, 4.69) is 13.0 Å². The molecular weight excluding hydrogens is 326 g/mol. The molecule has 23 heavy (non-hydrogen) atoms. The molecule has 6 heteroatoms. The highest BCUT2D eigenvalue weighted by Gasteiger charge is 2.24. The summed E-state index contributed by atoms with van der Waals surface area (Å²) in [5.74, 6) is 1.52. The maximum Gasteiger partial charge on any atom is 0.263 e. The van der Waals surface area contributed by atoms with E-state index in [-0.39, 0.29) is 5.56 Å². The van der Waals surface area contributed by atoms with Crippen LogP contribution in [0.2, 0.25) is 0 Å². The Bertz CT molecular complexity index is 816. The molecule has 0 bridgehead atoms. The fraction of sp³-hybridized carbons (Fsp3) is 0.588. The molecule has 0 saturated heterocycles. The Morgan fingerprint density at radius 2 is 2.35 bits per heavy atom. The van der Waals surface area contributed by atoms with Gasteiger partial charge in [-0.15, -0.1) is 11.3 Å². The number of hydrogen-bond acceptors (Lipinski definition) is 5. The van der Waals surface area contributed by atoms with Crippen LogP contribution in [0.3, 0.4) is 0 Å². The molecule has 2 aromatic heterocycles. The number of hydrogen-bond donors (Lipinski definition) is 0. The van der Waals surface area contributed by atoms with Crippen LogP contribution in [0.15, 0.2) is 9.95 Å². The average molecular weight is 348 g/mol. The first kappa shape index (κ1) is 16.5. The van der Waals surface area contributed by atoms with E-state index in [4.69, 9.17) is 10.2 Å². The molecule has 0 radical (unpaired) electrons. The number of fused-ring (bicyclic) bond motifs is 3. The van der Waals surface area contributed by atoms with Crippen molar-refractivity contribution in [2.75, 3.05) is 5.75 Å². The topological polar surface area (TPSA) is 58.7 Å². The Balaban J connectivity index is 2.02. The molecule has 122 valence electrons. The summed E-state index contributed by atoms with van der Waals surface area (Å²) in [6, 6.07) is 2.16. The lowest BCUT2D eigenvalue weighted by atomic mass is 9.89. The van der Waals surface area contributed by atoms with Crippen LogP contribution in [-0.4, -0.2) is 15.3 Å².